The molecular weight excluding hydrogens is 420 g/mol. The van der Waals surface area contributed by atoms with Crippen molar-refractivity contribution in [1.29, 1.82) is 0 Å². The van der Waals surface area contributed by atoms with Gasteiger partial charge in [-0.05, 0) is 74.7 Å². The van der Waals surface area contributed by atoms with Crippen LogP contribution in [0.5, 0.6) is 5.75 Å². The van der Waals surface area contributed by atoms with Crippen LogP contribution >= 0.6 is 0 Å². The number of unbranched alkanes of at least 4 members (excludes halogenated alkanes) is 3. The molecule has 2 aliphatic rings. The predicted octanol–water partition coefficient (Wildman–Crippen LogP) is 6.27. The second-order valence-electron chi connectivity index (χ2n) is 10.1. The number of carbonyl (C=O) groups excluding carboxylic acids is 1. The maximum Gasteiger partial charge on any atom is 0.227 e. The second-order valence-corrected chi connectivity index (χ2v) is 10.1. The molecule has 0 aliphatic carbocycles. The van der Waals surface area contributed by atoms with E-state index in [9.17, 15) is 4.79 Å². The van der Waals surface area contributed by atoms with Gasteiger partial charge in [-0.2, -0.15) is 0 Å². The average molecular weight is 463 g/mol. The van der Waals surface area contributed by atoms with Crippen molar-refractivity contribution in [2.75, 3.05) is 37.7 Å². The molecule has 184 valence electrons. The Hall–Kier alpha value is -2.33. The number of likely N-dealkylation sites (tertiary alicyclic amines) is 1. The fourth-order valence-electron chi connectivity index (χ4n) is 5.39. The largest absolute Gasteiger partial charge is 0.493 e. The van der Waals surface area contributed by atoms with E-state index in [0.717, 1.165) is 56.3 Å². The van der Waals surface area contributed by atoms with Gasteiger partial charge < -0.3 is 14.5 Å². The molecule has 0 saturated carbocycles. The second kappa shape index (κ2) is 12.9. The van der Waals surface area contributed by atoms with Gasteiger partial charge in [0, 0.05) is 25.6 Å². The van der Waals surface area contributed by atoms with Gasteiger partial charge in [0.2, 0.25) is 5.91 Å². The number of hydrogen-bond acceptors (Lipinski definition) is 3. The Bertz CT molecular complexity index is 890. The Balaban J connectivity index is 1.19. The van der Waals surface area contributed by atoms with Gasteiger partial charge in [0.25, 0.3) is 0 Å². The molecule has 4 rings (SSSR count). The van der Waals surface area contributed by atoms with Gasteiger partial charge in [-0.3, -0.25) is 4.79 Å². The van der Waals surface area contributed by atoms with E-state index in [-0.39, 0.29) is 5.91 Å². The highest BCUT2D eigenvalue weighted by Crippen LogP contribution is 2.32. The molecule has 0 radical (unpaired) electrons. The molecule has 4 heteroatoms. The molecule has 2 aromatic rings. The minimum absolute atomic E-state index is 0.261. The lowest BCUT2D eigenvalue weighted by molar-refractivity contribution is -0.118. The minimum atomic E-state index is 0.261. The molecule has 0 unspecified atom stereocenters. The Morgan fingerprint density at radius 2 is 1.74 bits per heavy atom. The van der Waals surface area contributed by atoms with E-state index in [2.05, 4.69) is 60.4 Å². The van der Waals surface area contributed by atoms with E-state index < -0.39 is 0 Å². The Morgan fingerprint density at radius 3 is 2.53 bits per heavy atom. The van der Waals surface area contributed by atoms with Crippen molar-refractivity contribution in [1.82, 2.24) is 4.90 Å². The van der Waals surface area contributed by atoms with Crippen LogP contribution in [0.25, 0.3) is 0 Å². The summed E-state index contributed by atoms with van der Waals surface area (Å²) in [7, 11) is 0. The fourth-order valence-corrected chi connectivity index (χ4v) is 5.39. The van der Waals surface area contributed by atoms with Crippen LogP contribution < -0.4 is 9.64 Å². The maximum absolute atomic E-state index is 12.6. The summed E-state index contributed by atoms with van der Waals surface area (Å²) in [5, 5.41) is 0. The number of nitrogens with zero attached hydrogens (tertiary/aromatic N) is 2. The molecule has 2 aliphatic heterocycles. The monoisotopic (exact) mass is 462 g/mol. The van der Waals surface area contributed by atoms with Crippen LogP contribution in [0.1, 0.15) is 69.4 Å². The smallest absolute Gasteiger partial charge is 0.227 e. The predicted molar refractivity (Wildman–Crippen MR) is 141 cm³/mol. The van der Waals surface area contributed by atoms with Gasteiger partial charge in [-0.15, -0.1) is 0 Å². The highest BCUT2D eigenvalue weighted by Gasteiger charge is 2.24. The van der Waals surface area contributed by atoms with E-state index in [1.54, 1.807) is 0 Å². The Morgan fingerprint density at radius 1 is 0.912 bits per heavy atom. The molecule has 2 aromatic carbocycles. The zero-order chi connectivity index (χ0) is 23.6. The summed E-state index contributed by atoms with van der Waals surface area (Å²) >= 11 is 0. The zero-order valence-corrected chi connectivity index (χ0v) is 21.0. The van der Waals surface area contributed by atoms with Gasteiger partial charge in [-0.1, -0.05) is 62.6 Å². The van der Waals surface area contributed by atoms with Crippen LogP contribution in [0.3, 0.4) is 0 Å². The van der Waals surface area contributed by atoms with Crippen LogP contribution in [0, 0.1) is 5.92 Å². The normalized spacial score (nSPS) is 17.1. The molecule has 0 bridgehead atoms. The van der Waals surface area contributed by atoms with Crippen molar-refractivity contribution < 1.29 is 9.53 Å². The summed E-state index contributed by atoms with van der Waals surface area (Å²) in [6.07, 6.45) is 11.0. The molecule has 1 amide bonds. The van der Waals surface area contributed by atoms with Crippen molar-refractivity contribution in [2.24, 2.45) is 5.92 Å². The molecule has 34 heavy (non-hydrogen) atoms. The molecule has 0 atom stereocenters. The molecule has 4 nitrogen and oxygen atoms in total. The van der Waals surface area contributed by atoms with Crippen molar-refractivity contribution in [2.45, 2.75) is 71.1 Å². The van der Waals surface area contributed by atoms with Crippen LogP contribution in [-0.2, 0) is 17.6 Å². The highest BCUT2D eigenvalue weighted by atomic mass is 16.5. The standard InChI is InChI=1S/C30H42N2O2/c1-2-3-4-8-19-32-29-24-28(14-12-27(29)13-15-30(32)33)34-22-9-18-31-20-16-26(17-21-31)23-25-10-6-5-7-11-25/h5-7,10-12,14,24,26H,2-4,8-9,13,15-23H2,1H3. The van der Waals surface area contributed by atoms with Crippen molar-refractivity contribution >= 4 is 11.6 Å². The van der Waals surface area contributed by atoms with Crippen LogP contribution in [0.15, 0.2) is 48.5 Å². The average Bonchev–Trinajstić information content (AvgIpc) is 2.87. The van der Waals surface area contributed by atoms with E-state index in [1.165, 1.54) is 62.7 Å². The summed E-state index contributed by atoms with van der Waals surface area (Å²) in [6.45, 7) is 7.28. The van der Waals surface area contributed by atoms with Gasteiger partial charge in [-0.25, -0.2) is 0 Å². The molecule has 2 heterocycles. The van der Waals surface area contributed by atoms with E-state index in [1.807, 2.05) is 4.90 Å². The van der Waals surface area contributed by atoms with Crippen LogP contribution in [0.2, 0.25) is 0 Å². The minimum Gasteiger partial charge on any atom is -0.493 e. The SMILES string of the molecule is CCCCCCN1C(=O)CCc2ccc(OCCCN3CCC(Cc4ccccc4)CC3)cc21. The lowest BCUT2D eigenvalue weighted by atomic mass is 9.90. The number of carbonyl (C=O) groups is 1. The Labute approximate surface area is 206 Å². The topological polar surface area (TPSA) is 32.8 Å². The summed E-state index contributed by atoms with van der Waals surface area (Å²) in [6, 6.07) is 17.3. The van der Waals surface area contributed by atoms with E-state index >= 15 is 0 Å². The third kappa shape index (κ3) is 7.09. The number of rotatable bonds is 12. The summed E-state index contributed by atoms with van der Waals surface area (Å²) in [5.74, 6) is 1.98. The quantitative estimate of drug-likeness (QED) is 0.349. The lowest BCUT2D eigenvalue weighted by Gasteiger charge is -2.32. The lowest BCUT2D eigenvalue weighted by Crippen LogP contribution is -2.36. The number of aryl methyl sites for hydroxylation is 1. The van der Waals surface area contributed by atoms with Crippen LogP contribution in [-0.4, -0.2) is 43.6 Å². The number of amides is 1. The number of ether oxygens (including phenoxy) is 1. The number of anilines is 1. The third-order valence-electron chi connectivity index (χ3n) is 7.45. The molecule has 1 saturated heterocycles. The first kappa shape index (κ1) is 24.8. The third-order valence-corrected chi connectivity index (χ3v) is 7.45. The van der Waals surface area contributed by atoms with Gasteiger partial charge >= 0.3 is 0 Å². The summed E-state index contributed by atoms with van der Waals surface area (Å²) in [5.41, 5.74) is 3.83. The fraction of sp³-hybridized carbons (Fsp3) is 0.567. The molecular formula is C30H42N2O2. The van der Waals surface area contributed by atoms with Gasteiger partial charge in [0.1, 0.15) is 5.75 Å². The first-order valence-corrected chi connectivity index (χ1v) is 13.6. The maximum atomic E-state index is 12.6. The number of hydrogen-bond donors (Lipinski definition) is 0. The number of piperidine rings is 1. The van der Waals surface area contributed by atoms with E-state index in [0.29, 0.717) is 6.42 Å². The molecule has 0 N–H and O–H groups in total. The molecule has 0 spiro atoms. The zero-order valence-electron chi connectivity index (χ0n) is 21.0. The first-order chi connectivity index (χ1) is 16.7. The number of benzene rings is 2. The first-order valence-electron chi connectivity index (χ1n) is 13.6. The van der Waals surface area contributed by atoms with Gasteiger partial charge in [0.15, 0.2) is 0 Å². The highest BCUT2D eigenvalue weighted by molar-refractivity contribution is 5.96. The van der Waals surface area contributed by atoms with Crippen molar-refractivity contribution in [3.63, 3.8) is 0 Å². The molecule has 0 aromatic heterocycles. The number of fused-ring (bicyclic) bond motifs is 1. The Kier molecular flexibility index (Phi) is 9.44. The summed E-state index contributed by atoms with van der Waals surface area (Å²) in [4.78, 5) is 17.2. The van der Waals surface area contributed by atoms with Crippen molar-refractivity contribution in [3.05, 3.63) is 59.7 Å². The van der Waals surface area contributed by atoms with Crippen molar-refractivity contribution in [3.8, 4) is 5.75 Å². The van der Waals surface area contributed by atoms with E-state index in [4.69, 9.17) is 4.74 Å². The summed E-state index contributed by atoms with van der Waals surface area (Å²) < 4.78 is 6.13. The van der Waals surface area contributed by atoms with Crippen LogP contribution in [0.4, 0.5) is 5.69 Å². The van der Waals surface area contributed by atoms with Gasteiger partial charge in [0.05, 0.1) is 12.3 Å². The molecule has 1 fully saturated rings.